The number of aliphatic hydroxyl groups excluding tert-OH is 1. The van der Waals surface area contributed by atoms with Crippen molar-refractivity contribution in [1.29, 1.82) is 0 Å². The highest BCUT2D eigenvalue weighted by Gasteiger charge is 2.48. The quantitative estimate of drug-likeness (QED) is 0.0315. The summed E-state index contributed by atoms with van der Waals surface area (Å²) in [4.78, 5) is 39.1. The molecule has 4 aromatic carbocycles. The molecule has 5 aromatic rings. The molecule has 1 amide bonds. The molecule has 1 aliphatic heterocycles. The first-order chi connectivity index (χ1) is 22.3. The Morgan fingerprint density at radius 2 is 1.65 bits per heavy atom. The molecule has 0 radical (unpaired) electrons. The van der Waals surface area contributed by atoms with E-state index in [0.29, 0.717) is 33.6 Å². The van der Waals surface area contributed by atoms with E-state index in [0.717, 1.165) is 28.0 Å². The molecule has 10 nitrogen and oxygen atoms in total. The molecule has 6 rings (SSSR count). The maximum Gasteiger partial charge on any atom is 0.301 e. The van der Waals surface area contributed by atoms with Gasteiger partial charge in [-0.3, -0.25) is 24.6 Å². The van der Waals surface area contributed by atoms with E-state index in [4.69, 9.17) is 4.74 Å². The Morgan fingerprint density at radius 3 is 2.35 bits per heavy atom. The number of ketones is 1. The number of aromatic nitrogens is 2. The lowest BCUT2D eigenvalue weighted by molar-refractivity contribution is -0.384. The molecule has 1 aliphatic rings. The molecule has 0 aliphatic carbocycles. The Labute approximate surface area is 272 Å². The molecule has 1 fully saturated rings. The Hall–Kier alpha value is -5.33. The van der Waals surface area contributed by atoms with Gasteiger partial charge < -0.3 is 9.84 Å². The fourth-order valence-electron chi connectivity index (χ4n) is 5.00. The number of nitro groups is 1. The van der Waals surface area contributed by atoms with Crippen LogP contribution < -0.4 is 9.64 Å². The van der Waals surface area contributed by atoms with E-state index < -0.39 is 28.4 Å². The fraction of sp³-hybridized carbons (Fsp3) is 0.118. The molecule has 46 heavy (non-hydrogen) atoms. The molecule has 12 heteroatoms. The smallest absolute Gasteiger partial charge is 0.301 e. The number of aliphatic hydroxyl groups is 1. The fourth-order valence-corrected chi connectivity index (χ4v) is 6.82. The zero-order valence-electron chi connectivity index (χ0n) is 24.4. The van der Waals surface area contributed by atoms with Gasteiger partial charge >= 0.3 is 5.91 Å². The van der Waals surface area contributed by atoms with Crippen molar-refractivity contribution in [3.05, 3.63) is 147 Å². The topological polar surface area (TPSA) is 136 Å². The minimum absolute atomic E-state index is 0.155. The van der Waals surface area contributed by atoms with Crippen LogP contribution in [0.5, 0.6) is 5.75 Å². The average molecular weight is 651 g/mol. The summed E-state index contributed by atoms with van der Waals surface area (Å²) >= 11 is 2.58. The number of thioether (sulfide) groups is 1. The van der Waals surface area contributed by atoms with Crippen molar-refractivity contribution in [3.8, 4) is 5.75 Å². The molecule has 0 bridgehead atoms. The zero-order valence-corrected chi connectivity index (χ0v) is 26.0. The van der Waals surface area contributed by atoms with Crippen LogP contribution in [0, 0.1) is 17.0 Å². The molecular formula is C34H26N4O6S2. The number of carbonyl (C=O) groups is 2. The maximum absolute atomic E-state index is 13.5. The van der Waals surface area contributed by atoms with E-state index in [1.54, 1.807) is 24.3 Å². The molecule has 1 aromatic heterocycles. The molecule has 1 N–H and O–H groups in total. The summed E-state index contributed by atoms with van der Waals surface area (Å²) in [7, 11) is 0. The number of nitro benzene ring substituents is 1. The van der Waals surface area contributed by atoms with Crippen molar-refractivity contribution in [2.45, 2.75) is 29.7 Å². The van der Waals surface area contributed by atoms with Crippen molar-refractivity contribution in [3.63, 3.8) is 0 Å². The number of nitrogens with zero attached hydrogens (tertiary/aromatic N) is 4. The molecule has 230 valence electrons. The van der Waals surface area contributed by atoms with Gasteiger partial charge in [-0.1, -0.05) is 77.7 Å². The molecule has 1 saturated heterocycles. The summed E-state index contributed by atoms with van der Waals surface area (Å²) in [5, 5.41) is 31.4. The van der Waals surface area contributed by atoms with E-state index in [1.807, 2.05) is 61.5 Å². The molecular weight excluding hydrogens is 625 g/mol. The first kappa shape index (κ1) is 30.7. The Balaban J connectivity index is 1.32. The highest BCUT2D eigenvalue weighted by atomic mass is 32.2. The second-order valence-electron chi connectivity index (χ2n) is 10.4. The predicted octanol–water partition coefficient (Wildman–Crippen LogP) is 7.25. The van der Waals surface area contributed by atoms with Gasteiger partial charge in [0, 0.05) is 23.4 Å². The van der Waals surface area contributed by atoms with Crippen molar-refractivity contribution in [2.24, 2.45) is 0 Å². The summed E-state index contributed by atoms with van der Waals surface area (Å²) in [6.07, 6.45) is 0. The lowest BCUT2D eigenvalue weighted by Gasteiger charge is -2.22. The van der Waals surface area contributed by atoms with Gasteiger partial charge in [-0.05, 0) is 65.6 Å². The summed E-state index contributed by atoms with van der Waals surface area (Å²) in [5.41, 5.74) is 3.59. The zero-order chi connectivity index (χ0) is 32.2. The third-order valence-electron chi connectivity index (χ3n) is 7.45. The van der Waals surface area contributed by atoms with Gasteiger partial charge in [0.2, 0.25) is 5.13 Å². The number of anilines is 1. The van der Waals surface area contributed by atoms with Crippen molar-refractivity contribution in [2.75, 3.05) is 4.90 Å². The predicted molar refractivity (Wildman–Crippen MR) is 176 cm³/mol. The van der Waals surface area contributed by atoms with Crippen molar-refractivity contribution in [1.82, 2.24) is 10.2 Å². The normalized spacial score (nSPS) is 15.7. The number of hydrogen-bond donors (Lipinski definition) is 1. The van der Waals surface area contributed by atoms with Crippen molar-refractivity contribution >= 4 is 51.4 Å². The second-order valence-corrected chi connectivity index (χ2v) is 12.6. The third kappa shape index (κ3) is 6.39. The summed E-state index contributed by atoms with van der Waals surface area (Å²) in [6.45, 7) is 2.36. The van der Waals surface area contributed by atoms with Crippen LogP contribution >= 0.6 is 23.1 Å². The molecule has 1 unspecified atom stereocenters. The number of non-ortho nitro benzene ring substituents is 1. The number of aryl methyl sites for hydroxylation is 1. The van der Waals surface area contributed by atoms with Crippen LogP contribution in [0.25, 0.3) is 5.76 Å². The average Bonchev–Trinajstić information content (AvgIpc) is 3.65. The van der Waals surface area contributed by atoms with E-state index in [1.165, 1.54) is 40.9 Å². The van der Waals surface area contributed by atoms with Gasteiger partial charge in [-0.2, -0.15) is 0 Å². The number of ether oxygens (including phenoxy) is 1. The Morgan fingerprint density at radius 1 is 0.957 bits per heavy atom. The lowest BCUT2D eigenvalue weighted by Crippen LogP contribution is -2.29. The summed E-state index contributed by atoms with van der Waals surface area (Å²) < 4.78 is 6.51. The van der Waals surface area contributed by atoms with Crippen LogP contribution in [0.2, 0.25) is 0 Å². The van der Waals surface area contributed by atoms with E-state index in [-0.39, 0.29) is 16.4 Å². The highest BCUT2D eigenvalue weighted by Crippen LogP contribution is 2.44. The Kier molecular flexibility index (Phi) is 8.90. The van der Waals surface area contributed by atoms with Gasteiger partial charge in [0.25, 0.3) is 11.5 Å². The van der Waals surface area contributed by atoms with Crippen LogP contribution in [0.3, 0.4) is 0 Å². The van der Waals surface area contributed by atoms with Crippen LogP contribution in [-0.4, -0.2) is 31.9 Å². The minimum atomic E-state index is -1.10. The maximum atomic E-state index is 13.5. The van der Waals surface area contributed by atoms with Crippen LogP contribution in [-0.2, 0) is 21.9 Å². The van der Waals surface area contributed by atoms with Gasteiger partial charge in [-0.25, -0.2) is 0 Å². The van der Waals surface area contributed by atoms with Crippen LogP contribution in [0.15, 0.2) is 113 Å². The molecule has 0 saturated carbocycles. The monoisotopic (exact) mass is 650 g/mol. The van der Waals surface area contributed by atoms with Gasteiger partial charge in [0.05, 0.1) is 16.5 Å². The minimum Gasteiger partial charge on any atom is -0.507 e. The first-order valence-corrected chi connectivity index (χ1v) is 15.9. The van der Waals surface area contributed by atoms with E-state index in [9.17, 15) is 24.8 Å². The first-order valence-electron chi connectivity index (χ1n) is 14.1. The third-order valence-corrected chi connectivity index (χ3v) is 9.58. The van der Waals surface area contributed by atoms with E-state index >= 15 is 0 Å². The van der Waals surface area contributed by atoms with Gasteiger partial charge in [-0.15, -0.1) is 10.2 Å². The number of benzene rings is 4. The number of hydrogen-bond acceptors (Lipinski definition) is 10. The number of amides is 1. The second kappa shape index (κ2) is 13.3. The van der Waals surface area contributed by atoms with Gasteiger partial charge in [0.15, 0.2) is 4.34 Å². The molecule has 0 spiro atoms. The number of carbonyl (C=O) groups excluding carboxylic acids is 2. The number of Topliss-reactive ketones (excluding diaryl/α,β-unsaturated/α-hetero) is 1. The molecule has 1 atom stereocenters. The summed E-state index contributed by atoms with van der Waals surface area (Å²) in [5.74, 6) is -1.00. The van der Waals surface area contributed by atoms with E-state index in [2.05, 4.69) is 10.2 Å². The van der Waals surface area contributed by atoms with Gasteiger partial charge in [0.1, 0.15) is 18.1 Å². The lowest BCUT2D eigenvalue weighted by atomic mass is 9.95. The Bertz CT molecular complexity index is 1940. The van der Waals surface area contributed by atoms with Crippen molar-refractivity contribution < 1.29 is 24.4 Å². The van der Waals surface area contributed by atoms with Crippen LogP contribution in [0.4, 0.5) is 10.8 Å². The number of rotatable bonds is 10. The SMILES string of the molecule is Cc1ccccc1COc1ccc(C(O)=C2C(=O)C(=O)N(c3nnc(SCc4ccccc4)s3)C2c2ccc([N+](=O)[O-])cc2)cc1. The largest absolute Gasteiger partial charge is 0.507 e. The molecule has 2 heterocycles. The highest BCUT2D eigenvalue weighted by molar-refractivity contribution is 8.00. The standard InChI is InChI=1S/C34H26N4O6S2/c1-21-7-5-6-10-25(21)19-44-27-17-13-24(14-18-27)30(39)28-29(23-11-15-26(16-12-23)38(42)43)37(32(41)31(28)40)33-35-36-34(46-33)45-20-22-8-3-2-4-9-22/h2-18,29,39H,19-20H2,1H3. The van der Waals surface area contributed by atoms with Crippen LogP contribution in [0.1, 0.15) is 33.9 Å². The summed E-state index contributed by atoms with van der Waals surface area (Å²) in [6, 6.07) is 28.6.